The van der Waals surface area contributed by atoms with Gasteiger partial charge >= 0.3 is 0 Å². The van der Waals surface area contributed by atoms with Gasteiger partial charge in [-0.25, -0.2) is 4.39 Å². The van der Waals surface area contributed by atoms with Crippen LogP contribution in [0.5, 0.6) is 5.75 Å². The summed E-state index contributed by atoms with van der Waals surface area (Å²) in [5.74, 6) is -1.47. The largest absolute Gasteiger partial charge is 0.462 e. The summed E-state index contributed by atoms with van der Waals surface area (Å²) in [5, 5.41) is 48.6. The number of oxime groups is 1. The maximum atomic E-state index is 15.1. The van der Waals surface area contributed by atoms with E-state index in [9.17, 15) is 25.2 Å². The second-order valence-electron chi connectivity index (χ2n) is 12.5. The number of aliphatic hydroxyl groups is 4. The minimum absolute atomic E-state index is 0.0766. The van der Waals surface area contributed by atoms with E-state index in [0.717, 1.165) is 24.3 Å². The number of carbonyl (C=O) groups excluding carboxylic acids is 1. The van der Waals surface area contributed by atoms with Crippen molar-refractivity contribution in [2.24, 2.45) is 5.16 Å². The fourth-order valence-electron chi connectivity index (χ4n) is 6.35. The van der Waals surface area contributed by atoms with Crippen LogP contribution in [0.15, 0.2) is 53.2 Å². The van der Waals surface area contributed by atoms with Crippen LogP contribution >= 0.6 is 0 Å². The molecule has 0 radical (unpaired) electrons. The van der Waals surface area contributed by atoms with Gasteiger partial charge < -0.3 is 59.2 Å². The summed E-state index contributed by atoms with van der Waals surface area (Å²) in [6.45, 7) is 6.37. The number of rotatable bonds is 10. The second kappa shape index (κ2) is 15.5. The van der Waals surface area contributed by atoms with Crippen molar-refractivity contribution in [3.05, 3.63) is 65.0 Å². The van der Waals surface area contributed by atoms with E-state index in [2.05, 4.69) is 15.4 Å². The van der Waals surface area contributed by atoms with Crippen LogP contribution in [-0.4, -0.2) is 120 Å². The number of hydrogen-bond acceptors (Lipinski definition) is 13. The van der Waals surface area contributed by atoms with E-state index in [1.165, 1.54) is 31.2 Å². The minimum Gasteiger partial charge on any atom is -0.462 e. The number of amides is 1. The molecule has 266 valence electrons. The van der Waals surface area contributed by atoms with E-state index in [1.54, 1.807) is 6.92 Å². The standard InChI is InChI=1S/C34H42FN3O11/c1-18(34(43)36-27-28(40)30(42)33-32(29(27)41)45-17-46-33)13-21-5-8-25(23(35)14-21)48-26-15-24(39)31(49-26)19(2)37-47-16-20-3-6-22(7-4-20)38-9-11-44-12-10-38/h3-8,13-14,24,26-33,39-42H,9-12,15-17H2,1-2H3,(H,36,43)/t24-,26-,27-,28+,29-,30-,31-,32+,33-/m1/s1. The third kappa shape index (κ3) is 8.05. The van der Waals surface area contributed by atoms with Crippen molar-refractivity contribution in [1.29, 1.82) is 0 Å². The average molecular weight is 688 g/mol. The molecular formula is C34H42FN3O11. The van der Waals surface area contributed by atoms with Crippen molar-refractivity contribution in [2.45, 2.75) is 81.9 Å². The molecule has 1 saturated carbocycles. The van der Waals surface area contributed by atoms with Crippen LogP contribution in [0.4, 0.5) is 10.1 Å². The monoisotopic (exact) mass is 687 g/mol. The molecule has 9 atom stereocenters. The topological polar surface area (TPSA) is 181 Å². The number of benzene rings is 2. The van der Waals surface area contributed by atoms with E-state index >= 15 is 4.39 Å². The zero-order valence-corrected chi connectivity index (χ0v) is 27.2. The molecule has 15 heteroatoms. The van der Waals surface area contributed by atoms with Gasteiger partial charge in [0.05, 0.1) is 31.1 Å². The SMILES string of the molecule is CC(=Cc1ccc(O[C@H]2C[C@@H](O)[C@@H](C(C)=NOCc3ccc(N4CCOCC4)cc3)O2)c(F)c1)C(=O)N[C@@H]1[C@H](O)[C@@H](O)[C@H]2OCO[C@H]2[C@@H]1O. The molecule has 0 bridgehead atoms. The van der Waals surface area contributed by atoms with Crippen molar-refractivity contribution >= 4 is 23.4 Å². The molecule has 2 aromatic rings. The summed E-state index contributed by atoms with van der Waals surface area (Å²) in [5.41, 5.74) is 2.96. The summed E-state index contributed by atoms with van der Waals surface area (Å²) in [4.78, 5) is 20.6. The van der Waals surface area contributed by atoms with Gasteiger partial charge in [-0.2, -0.15) is 0 Å². The minimum atomic E-state index is -1.49. The third-order valence-electron chi connectivity index (χ3n) is 9.10. The van der Waals surface area contributed by atoms with Gasteiger partial charge in [0.1, 0.15) is 50.0 Å². The summed E-state index contributed by atoms with van der Waals surface area (Å²) in [7, 11) is 0. The third-order valence-corrected chi connectivity index (χ3v) is 9.10. The van der Waals surface area contributed by atoms with E-state index in [-0.39, 0.29) is 31.1 Å². The lowest BCUT2D eigenvalue weighted by Gasteiger charge is -2.41. The Morgan fingerprint density at radius 2 is 1.73 bits per heavy atom. The lowest BCUT2D eigenvalue weighted by molar-refractivity contribution is -0.155. The molecule has 1 aliphatic carbocycles. The fraction of sp³-hybridized carbons (Fsp3) is 0.529. The molecule has 4 aliphatic rings. The first-order valence-corrected chi connectivity index (χ1v) is 16.2. The molecule has 49 heavy (non-hydrogen) atoms. The van der Waals surface area contributed by atoms with Crippen molar-refractivity contribution in [3.8, 4) is 5.75 Å². The number of halogens is 1. The number of ether oxygens (including phenoxy) is 5. The Labute approximate surface area is 282 Å². The lowest BCUT2D eigenvalue weighted by Crippen LogP contribution is -2.67. The van der Waals surface area contributed by atoms with Crippen LogP contribution in [-0.2, 0) is 35.2 Å². The van der Waals surface area contributed by atoms with Gasteiger partial charge in [0.2, 0.25) is 12.2 Å². The number of fused-ring (bicyclic) bond motifs is 1. The van der Waals surface area contributed by atoms with Crippen LogP contribution in [0.2, 0.25) is 0 Å². The van der Waals surface area contributed by atoms with Gasteiger partial charge in [-0.1, -0.05) is 23.4 Å². The first-order chi connectivity index (χ1) is 23.6. The van der Waals surface area contributed by atoms with E-state index in [0.29, 0.717) is 24.5 Å². The van der Waals surface area contributed by atoms with Gasteiger partial charge in [-0.15, -0.1) is 0 Å². The van der Waals surface area contributed by atoms with Gasteiger partial charge in [0, 0.05) is 30.8 Å². The van der Waals surface area contributed by atoms with Crippen molar-refractivity contribution in [1.82, 2.24) is 5.32 Å². The molecule has 5 N–H and O–H groups in total. The van der Waals surface area contributed by atoms with E-state index in [1.807, 2.05) is 24.3 Å². The molecule has 4 fully saturated rings. The number of hydrogen-bond donors (Lipinski definition) is 5. The summed E-state index contributed by atoms with van der Waals surface area (Å²) < 4.78 is 42.5. The fourth-order valence-corrected chi connectivity index (χ4v) is 6.35. The zero-order chi connectivity index (χ0) is 34.7. The number of nitrogens with zero attached hydrogens (tertiary/aromatic N) is 2. The molecule has 6 rings (SSSR count). The molecule has 0 spiro atoms. The highest BCUT2D eigenvalue weighted by Crippen LogP contribution is 2.31. The first kappa shape index (κ1) is 35.2. The smallest absolute Gasteiger partial charge is 0.247 e. The average Bonchev–Trinajstić information content (AvgIpc) is 3.74. The molecule has 0 unspecified atom stereocenters. The van der Waals surface area contributed by atoms with E-state index in [4.69, 9.17) is 28.5 Å². The van der Waals surface area contributed by atoms with Gasteiger partial charge in [-0.05, 0) is 55.3 Å². The second-order valence-corrected chi connectivity index (χ2v) is 12.5. The Balaban J connectivity index is 0.993. The molecule has 14 nitrogen and oxygen atoms in total. The highest BCUT2D eigenvalue weighted by atomic mass is 19.1. The number of anilines is 1. The Morgan fingerprint density at radius 3 is 2.45 bits per heavy atom. The maximum absolute atomic E-state index is 15.1. The Bertz CT molecular complexity index is 1520. The lowest BCUT2D eigenvalue weighted by atomic mass is 9.83. The summed E-state index contributed by atoms with van der Waals surface area (Å²) >= 11 is 0. The van der Waals surface area contributed by atoms with Crippen molar-refractivity contribution < 1.29 is 58.1 Å². The zero-order valence-electron chi connectivity index (χ0n) is 27.2. The Hall–Kier alpha value is -3.67. The predicted octanol–water partition coefficient (Wildman–Crippen LogP) is 0.836. The molecule has 0 aromatic heterocycles. The molecule has 2 aromatic carbocycles. The maximum Gasteiger partial charge on any atom is 0.247 e. The van der Waals surface area contributed by atoms with E-state index < -0.39 is 66.8 Å². The van der Waals surface area contributed by atoms with Crippen LogP contribution in [0.3, 0.4) is 0 Å². The van der Waals surface area contributed by atoms with Gasteiger partial charge in [0.25, 0.3) is 0 Å². The molecule has 3 saturated heterocycles. The first-order valence-electron chi connectivity index (χ1n) is 16.2. The molecule has 3 aliphatic heterocycles. The number of aliphatic hydroxyl groups excluding tert-OH is 4. The van der Waals surface area contributed by atoms with Crippen molar-refractivity contribution in [3.63, 3.8) is 0 Å². The number of nitrogens with one attached hydrogen (secondary N) is 1. The van der Waals surface area contributed by atoms with Crippen LogP contribution in [0.1, 0.15) is 31.4 Å². The highest BCUT2D eigenvalue weighted by molar-refractivity contribution is 5.97. The van der Waals surface area contributed by atoms with Crippen LogP contribution in [0, 0.1) is 5.82 Å². The predicted molar refractivity (Wildman–Crippen MR) is 172 cm³/mol. The number of carbonyl (C=O) groups is 1. The highest BCUT2D eigenvalue weighted by Gasteiger charge is 2.53. The summed E-state index contributed by atoms with van der Waals surface area (Å²) in [6.07, 6.45) is -7.20. The quantitative estimate of drug-likeness (QED) is 0.135. The molecule has 1 amide bonds. The Kier molecular flexibility index (Phi) is 11.1. The Morgan fingerprint density at radius 1 is 1.02 bits per heavy atom. The summed E-state index contributed by atoms with van der Waals surface area (Å²) in [6, 6.07) is 10.9. The molecule has 3 heterocycles. The van der Waals surface area contributed by atoms with Crippen molar-refractivity contribution in [2.75, 3.05) is 38.0 Å². The normalized spacial score (nSPS) is 32.1. The van der Waals surface area contributed by atoms with Gasteiger partial charge in [-0.3, -0.25) is 4.79 Å². The van der Waals surface area contributed by atoms with Crippen LogP contribution in [0.25, 0.3) is 6.08 Å². The molecular weight excluding hydrogens is 645 g/mol. The van der Waals surface area contributed by atoms with Crippen LogP contribution < -0.4 is 15.0 Å². The number of morpholine rings is 1. The van der Waals surface area contributed by atoms with Gasteiger partial charge in [0.15, 0.2) is 11.6 Å².